The summed E-state index contributed by atoms with van der Waals surface area (Å²) in [5.41, 5.74) is -0.742. The van der Waals surface area contributed by atoms with Gasteiger partial charge in [0, 0.05) is 25.1 Å². The van der Waals surface area contributed by atoms with Gasteiger partial charge in [-0.1, -0.05) is 11.6 Å². The number of benzene rings is 1. The molecule has 0 saturated heterocycles. The van der Waals surface area contributed by atoms with Crippen molar-refractivity contribution in [2.75, 3.05) is 20.8 Å². The van der Waals surface area contributed by atoms with Gasteiger partial charge in [-0.15, -0.1) is 0 Å². The number of nitrogens with one attached hydrogen (secondary N) is 1. The van der Waals surface area contributed by atoms with Crippen LogP contribution in [0.3, 0.4) is 0 Å². The first-order valence-corrected chi connectivity index (χ1v) is 11.0. The van der Waals surface area contributed by atoms with Gasteiger partial charge in [-0.3, -0.25) is 4.68 Å². The molecule has 0 amide bonds. The second-order valence-electron chi connectivity index (χ2n) is 6.81. The smallest absolute Gasteiger partial charge is 0.436 e. The minimum atomic E-state index is -4.64. The predicted octanol–water partition coefficient (Wildman–Crippen LogP) is 3.82. The summed E-state index contributed by atoms with van der Waals surface area (Å²) in [5, 5.41) is 3.26. The van der Waals surface area contributed by atoms with E-state index >= 15 is 0 Å². The fourth-order valence-electron chi connectivity index (χ4n) is 3.06. The van der Waals surface area contributed by atoms with E-state index in [9.17, 15) is 21.6 Å². The maximum atomic E-state index is 13.1. The Balaban J connectivity index is 1.70. The maximum Gasteiger partial charge on any atom is 0.436 e. The quantitative estimate of drug-likeness (QED) is 0.567. The third-order valence-corrected chi connectivity index (χ3v) is 6.52. The molecule has 1 fully saturated rings. The van der Waals surface area contributed by atoms with Crippen LogP contribution in [0.5, 0.6) is 11.5 Å². The maximum absolute atomic E-state index is 13.1. The van der Waals surface area contributed by atoms with Crippen molar-refractivity contribution in [3.8, 4) is 11.5 Å². The van der Waals surface area contributed by atoms with E-state index in [4.69, 9.17) is 21.1 Å². The molecule has 1 heterocycles. The Kier molecular flexibility index (Phi) is 6.54. The molecule has 0 aliphatic heterocycles. The topological polar surface area (TPSA) is 82.5 Å². The number of alkyl halides is 3. The summed E-state index contributed by atoms with van der Waals surface area (Å²) >= 11 is 5.94. The van der Waals surface area contributed by atoms with Crippen molar-refractivity contribution in [2.24, 2.45) is 0 Å². The van der Waals surface area contributed by atoms with Crippen molar-refractivity contribution in [2.45, 2.75) is 42.8 Å². The normalized spacial score (nSPS) is 14.7. The largest absolute Gasteiger partial charge is 0.497 e. The molecule has 0 spiro atoms. The van der Waals surface area contributed by atoms with Gasteiger partial charge in [-0.2, -0.15) is 18.3 Å². The summed E-state index contributed by atoms with van der Waals surface area (Å²) in [5.74, 6) is 0.447. The van der Waals surface area contributed by atoms with Gasteiger partial charge in [0.05, 0.1) is 24.9 Å². The van der Waals surface area contributed by atoms with Crippen molar-refractivity contribution in [3.05, 3.63) is 34.6 Å². The molecule has 30 heavy (non-hydrogen) atoms. The van der Waals surface area contributed by atoms with Crippen LogP contribution in [0.1, 0.15) is 36.6 Å². The summed E-state index contributed by atoms with van der Waals surface area (Å²) in [6.45, 7) is 0.0883. The molecule has 1 aromatic heterocycles. The summed E-state index contributed by atoms with van der Waals surface area (Å²) in [6, 6.07) is 4.37. The Bertz CT molecular complexity index is 1020. The molecular weight excluding hydrogens is 447 g/mol. The zero-order chi connectivity index (χ0) is 22.1. The number of sulfonamides is 1. The Labute approximate surface area is 177 Å². The van der Waals surface area contributed by atoms with Crippen LogP contribution in [0, 0.1) is 0 Å². The fourth-order valence-corrected chi connectivity index (χ4v) is 4.71. The van der Waals surface area contributed by atoms with Crippen molar-refractivity contribution in [3.63, 3.8) is 0 Å². The number of hydrogen-bond acceptors (Lipinski definition) is 5. The summed E-state index contributed by atoms with van der Waals surface area (Å²) < 4.78 is 78.4. The van der Waals surface area contributed by atoms with Crippen LogP contribution in [0.2, 0.25) is 5.02 Å². The van der Waals surface area contributed by atoms with Crippen LogP contribution in [0.4, 0.5) is 13.2 Å². The zero-order valence-corrected chi connectivity index (χ0v) is 17.9. The van der Waals surface area contributed by atoms with E-state index in [2.05, 4.69) is 9.82 Å². The number of halogens is 4. The van der Waals surface area contributed by atoms with Crippen molar-refractivity contribution in [1.29, 1.82) is 0 Å². The van der Waals surface area contributed by atoms with Crippen molar-refractivity contribution >= 4 is 21.6 Å². The first kappa shape index (κ1) is 22.7. The lowest BCUT2D eigenvalue weighted by Gasteiger charge is -2.12. The third-order valence-electron chi connectivity index (χ3n) is 4.66. The van der Waals surface area contributed by atoms with E-state index in [1.165, 1.54) is 31.0 Å². The lowest BCUT2D eigenvalue weighted by atomic mass is 10.2. The predicted molar refractivity (Wildman–Crippen MR) is 104 cm³/mol. The van der Waals surface area contributed by atoms with Crippen LogP contribution >= 0.6 is 11.6 Å². The number of aromatic nitrogens is 2. The monoisotopic (exact) mass is 467 g/mol. The van der Waals surface area contributed by atoms with Crippen LogP contribution in [-0.2, 0) is 22.7 Å². The van der Waals surface area contributed by atoms with Gasteiger partial charge in [-0.05, 0) is 31.4 Å². The minimum Gasteiger partial charge on any atom is -0.497 e. The SMILES string of the molecule is COc1ccc(OC)c(S(=O)(=O)NCCCn2nc(C(F)(F)F)c(Cl)c2C2CC2)c1. The van der Waals surface area contributed by atoms with Gasteiger partial charge in [0.1, 0.15) is 16.4 Å². The van der Waals surface area contributed by atoms with Crippen LogP contribution < -0.4 is 14.2 Å². The van der Waals surface area contributed by atoms with Gasteiger partial charge in [0.2, 0.25) is 10.0 Å². The number of rotatable bonds is 9. The molecule has 2 aromatic rings. The minimum absolute atomic E-state index is 0.00830. The Morgan fingerprint density at radius 1 is 1.27 bits per heavy atom. The van der Waals surface area contributed by atoms with E-state index in [1.54, 1.807) is 6.07 Å². The van der Waals surface area contributed by atoms with Crippen LogP contribution in [-0.4, -0.2) is 39.0 Å². The van der Waals surface area contributed by atoms with E-state index in [0.717, 1.165) is 12.8 Å². The Morgan fingerprint density at radius 2 is 1.97 bits per heavy atom. The first-order chi connectivity index (χ1) is 14.1. The summed E-state index contributed by atoms with van der Waals surface area (Å²) in [6.07, 6.45) is -2.91. The molecule has 0 unspecified atom stereocenters. The number of methoxy groups -OCH3 is 2. The van der Waals surface area contributed by atoms with Gasteiger partial charge in [0.15, 0.2) is 5.69 Å². The van der Waals surface area contributed by atoms with Crippen LogP contribution in [0.25, 0.3) is 0 Å². The molecule has 3 rings (SSSR count). The van der Waals surface area contributed by atoms with Gasteiger partial charge >= 0.3 is 6.18 Å². The third kappa shape index (κ3) is 4.84. The molecule has 1 saturated carbocycles. The molecular formula is C18H21ClF3N3O4S. The van der Waals surface area contributed by atoms with E-state index in [-0.39, 0.29) is 41.1 Å². The molecule has 1 aliphatic rings. The molecule has 1 aliphatic carbocycles. The average molecular weight is 468 g/mol. The Hall–Kier alpha value is -1.98. The molecule has 7 nitrogen and oxygen atoms in total. The molecule has 12 heteroatoms. The van der Waals surface area contributed by atoms with Gasteiger partial charge in [-0.25, -0.2) is 13.1 Å². The molecule has 0 radical (unpaired) electrons. The van der Waals surface area contributed by atoms with E-state index < -0.39 is 21.9 Å². The highest BCUT2D eigenvalue weighted by molar-refractivity contribution is 7.89. The molecule has 0 atom stereocenters. The second-order valence-corrected chi connectivity index (χ2v) is 8.92. The Morgan fingerprint density at radius 3 is 2.53 bits per heavy atom. The molecule has 166 valence electrons. The molecule has 0 bridgehead atoms. The second kappa shape index (κ2) is 8.64. The van der Waals surface area contributed by atoms with Crippen molar-refractivity contribution < 1.29 is 31.1 Å². The van der Waals surface area contributed by atoms with Gasteiger partial charge < -0.3 is 9.47 Å². The number of nitrogens with zero attached hydrogens (tertiary/aromatic N) is 2. The molecule has 1 aromatic carbocycles. The first-order valence-electron chi connectivity index (χ1n) is 9.13. The summed E-state index contributed by atoms with van der Waals surface area (Å²) in [7, 11) is -1.16. The zero-order valence-electron chi connectivity index (χ0n) is 16.3. The summed E-state index contributed by atoms with van der Waals surface area (Å²) in [4.78, 5) is -0.0930. The lowest BCUT2D eigenvalue weighted by Crippen LogP contribution is -2.26. The van der Waals surface area contributed by atoms with E-state index in [1.807, 2.05) is 0 Å². The number of aryl methyl sites for hydroxylation is 1. The average Bonchev–Trinajstić information content (AvgIpc) is 3.46. The molecule has 1 N–H and O–H groups in total. The highest BCUT2D eigenvalue weighted by Crippen LogP contribution is 2.46. The highest BCUT2D eigenvalue weighted by atomic mass is 35.5. The van der Waals surface area contributed by atoms with Crippen LogP contribution in [0.15, 0.2) is 23.1 Å². The standard InChI is InChI=1S/C18H21ClF3N3O4S/c1-28-12-6-7-13(29-2)14(10-12)30(26,27)23-8-3-9-25-16(11-4-5-11)15(19)17(24-25)18(20,21)22/h6-7,10-11,23H,3-5,8-9H2,1-2H3. The fraction of sp³-hybridized carbons (Fsp3) is 0.500. The number of hydrogen-bond donors (Lipinski definition) is 1. The van der Waals surface area contributed by atoms with Crippen molar-refractivity contribution in [1.82, 2.24) is 14.5 Å². The van der Waals surface area contributed by atoms with E-state index in [0.29, 0.717) is 11.4 Å². The highest BCUT2D eigenvalue weighted by Gasteiger charge is 2.41. The van der Waals surface area contributed by atoms with Gasteiger partial charge in [0.25, 0.3) is 0 Å². The number of ether oxygens (including phenoxy) is 2. The lowest BCUT2D eigenvalue weighted by molar-refractivity contribution is -0.141.